The van der Waals surface area contributed by atoms with Crippen LogP contribution < -0.4 is 0 Å². The maximum Gasteiger partial charge on any atom is 0.0761 e. The molecule has 0 bridgehead atoms. The molecule has 0 aliphatic carbocycles. The molecule has 1 radical (unpaired) electrons. The molecule has 49 valence electrons. The van der Waals surface area contributed by atoms with Gasteiger partial charge in [-0.25, -0.2) is 4.68 Å². The lowest BCUT2D eigenvalue weighted by atomic mass is 10.3. The molecule has 1 heterocycles. The van der Waals surface area contributed by atoms with Crippen molar-refractivity contribution in [1.82, 2.24) is 15.0 Å². The predicted octanol–water partition coefficient (Wildman–Crippen LogP) is 1.09. The molecule has 3 nitrogen and oxygen atoms in total. The average Bonchev–Trinajstić information content (AvgIpc) is 2.34. The molecule has 0 amide bonds. The van der Waals surface area contributed by atoms with Gasteiger partial charge >= 0.3 is 0 Å². The lowest BCUT2D eigenvalue weighted by molar-refractivity contribution is 0.691. The van der Waals surface area contributed by atoms with Crippen molar-refractivity contribution in [3.63, 3.8) is 0 Å². The van der Waals surface area contributed by atoms with Crippen molar-refractivity contribution in [2.24, 2.45) is 0 Å². The SMILES string of the molecule is CCC[CH]n1ccnn1. The van der Waals surface area contributed by atoms with Crippen LogP contribution in [0.1, 0.15) is 19.8 Å². The van der Waals surface area contributed by atoms with Crippen LogP contribution in [0.2, 0.25) is 0 Å². The van der Waals surface area contributed by atoms with Crippen LogP contribution in [0.5, 0.6) is 0 Å². The van der Waals surface area contributed by atoms with Crippen LogP contribution in [0.15, 0.2) is 12.4 Å². The first-order valence-electron chi connectivity index (χ1n) is 3.12. The summed E-state index contributed by atoms with van der Waals surface area (Å²) in [6.45, 7) is 4.14. The molecule has 1 aromatic heterocycles. The Hall–Kier alpha value is -0.860. The lowest BCUT2D eigenvalue weighted by Crippen LogP contribution is -1.94. The van der Waals surface area contributed by atoms with E-state index in [1.54, 1.807) is 10.9 Å². The first-order chi connectivity index (χ1) is 4.43. The molecule has 3 heteroatoms. The average molecular weight is 124 g/mol. The summed E-state index contributed by atoms with van der Waals surface area (Å²) in [5.41, 5.74) is 0. The van der Waals surface area contributed by atoms with Gasteiger partial charge in [0.25, 0.3) is 0 Å². The molecule has 9 heavy (non-hydrogen) atoms. The Bertz CT molecular complexity index is 145. The van der Waals surface area contributed by atoms with Gasteiger partial charge in [0.15, 0.2) is 0 Å². The van der Waals surface area contributed by atoms with Crippen LogP contribution >= 0.6 is 0 Å². The Morgan fingerprint density at radius 3 is 3.11 bits per heavy atom. The summed E-state index contributed by atoms with van der Waals surface area (Å²) in [5.74, 6) is 0. The molecular formula is C6H10N3. The van der Waals surface area contributed by atoms with Crippen molar-refractivity contribution in [3.05, 3.63) is 18.9 Å². The van der Waals surface area contributed by atoms with Gasteiger partial charge in [0.2, 0.25) is 0 Å². The van der Waals surface area contributed by atoms with Crippen molar-refractivity contribution >= 4 is 0 Å². The highest BCUT2D eigenvalue weighted by Crippen LogP contribution is 1.92. The Morgan fingerprint density at radius 1 is 1.67 bits per heavy atom. The second-order valence-electron chi connectivity index (χ2n) is 1.85. The summed E-state index contributed by atoms with van der Waals surface area (Å²) < 4.78 is 1.73. The molecule has 0 aliphatic heterocycles. The number of hydrogen-bond acceptors (Lipinski definition) is 2. The van der Waals surface area contributed by atoms with E-state index in [1.165, 1.54) is 0 Å². The quantitative estimate of drug-likeness (QED) is 0.603. The molecule has 1 rings (SSSR count). The van der Waals surface area contributed by atoms with Crippen LogP contribution in [0.4, 0.5) is 0 Å². The zero-order valence-corrected chi connectivity index (χ0v) is 5.49. The lowest BCUT2D eigenvalue weighted by Gasteiger charge is -1.93. The van der Waals surface area contributed by atoms with Gasteiger partial charge in [-0.15, -0.1) is 5.10 Å². The van der Waals surface area contributed by atoms with E-state index in [0.717, 1.165) is 12.8 Å². The normalized spacial score (nSPS) is 9.89. The van der Waals surface area contributed by atoms with Gasteiger partial charge < -0.3 is 0 Å². The summed E-state index contributed by atoms with van der Waals surface area (Å²) in [7, 11) is 0. The smallest absolute Gasteiger partial charge is 0.0761 e. The molecule has 0 aromatic carbocycles. The van der Waals surface area contributed by atoms with Crippen LogP contribution in [-0.2, 0) is 0 Å². The van der Waals surface area contributed by atoms with Gasteiger partial charge in [0.1, 0.15) is 0 Å². The fourth-order valence-electron chi connectivity index (χ4n) is 0.576. The zero-order valence-electron chi connectivity index (χ0n) is 5.49. The van der Waals surface area contributed by atoms with Gasteiger partial charge in [0, 0.05) is 6.20 Å². The van der Waals surface area contributed by atoms with E-state index in [1.807, 2.05) is 12.7 Å². The van der Waals surface area contributed by atoms with Crippen LogP contribution in [0.25, 0.3) is 0 Å². The minimum Gasteiger partial charge on any atom is -0.247 e. The maximum absolute atomic E-state index is 3.76. The van der Waals surface area contributed by atoms with E-state index in [-0.39, 0.29) is 0 Å². The molecule has 0 unspecified atom stereocenters. The second kappa shape index (κ2) is 3.22. The predicted molar refractivity (Wildman–Crippen MR) is 34.6 cm³/mol. The number of aromatic nitrogens is 3. The number of rotatable bonds is 3. The van der Waals surface area contributed by atoms with Crippen LogP contribution in [-0.4, -0.2) is 15.0 Å². The first kappa shape index (κ1) is 6.26. The highest BCUT2D eigenvalue weighted by atomic mass is 15.4. The zero-order chi connectivity index (χ0) is 6.53. The third-order valence-corrected chi connectivity index (χ3v) is 1.05. The van der Waals surface area contributed by atoms with Crippen molar-refractivity contribution in [3.8, 4) is 0 Å². The van der Waals surface area contributed by atoms with E-state index in [9.17, 15) is 0 Å². The molecule has 0 N–H and O–H groups in total. The summed E-state index contributed by atoms with van der Waals surface area (Å²) in [5, 5.41) is 7.42. The third kappa shape index (κ3) is 1.83. The monoisotopic (exact) mass is 124 g/mol. The molecule has 0 fully saturated rings. The van der Waals surface area contributed by atoms with Crippen molar-refractivity contribution < 1.29 is 0 Å². The van der Waals surface area contributed by atoms with Crippen molar-refractivity contribution in [2.75, 3.05) is 0 Å². The largest absolute Gasteiger partial charge is 0.247 e. The van der Waals surface area contributed by atoms with Gasteiger partial charge in [-0.3, -0.25) is 0 Å². The van der Waals surface area contributed by atoms with E-state index in [2.05, 4.69) is 17.2 Å². The van der Waals surface area contributed by atoms with E-state index in [0.29, 0.717) is 0 Å². The third-order valence-electron chi connectivity index (χ3n) is 1.05. The van der Waals surface area contributed by atoms with E-state index >= 15 is 0 Å². The van der Waals surface area contributed by atoms with E-state index in [4.69, 9.17) is 0 Å². The van der Waals surface area contributed by atoms with Gasteiger partial charge in [-0.1, -0.05) is 18.6 Å². The minimum absolute atomic E-state index is 1.06. The van der Waals surface area contributed by atoms with Gasteiger partial charge in [-0.2, -0.15) is 0 Å². The van der Waals surface area contributed by atoms with Crippen molar-refractivity contribution in [2.45, 2.75) is 19.8 Å². The summed E-state index contributed by atoms with van der Waals surface area (Å²) in [6, 6.07) is 0. The molecule has 0 aliphatic rings. The molecule has 0 saturated heterocycles. The highest BCUT2D eigenvalue weighted by molar-refractivity contribution is 4.72. The maximum atomic E-state index is 3.76. The van der Waals surface area contributed by atoms with Crippen LogP contribution in [0.3, 0.4) is 0 Å². The molecule has 0 atom stereocenters. The Labute approximate surface area is 54.7 Å². The summed E-state index contributed by atoms with van der Waals surface area (Å²) >= 11 is 0. The number of hydrogen-bond donors (Lipinski definition) is 0. The summed E-state index contributed by atoms with van der Waals surface area (Å²) in [6.07, 6.45) is 5.71. The fourth-order valence-corrected chi connectivity index (χ4v) is 0.576. The van der Waals surface area contributed by atoms with Crippen molar-refractivity contribution in [1.29, 1.82) is 0 Å². The van der Waals surface area contributed by atoms with Gasteiger partial charge in [0.05, 0.1) is 12.7 Å². The molecule has 0 saturated carbocycles. The summed E-state index contributed by atoms with van der Waals surface area (Å²) in [4.78, 5) is 0. The Kier molecular flexibility index (Phi) is 2.24. The molecule has 0 spiro atoms. The van der Waals surface area contributed by atoms with Gasteiger partial charge in [-0.05, 0) is 6.42 Å². The number of nitrogens with zero attached hydrogens (tertiary/aromatic N) is 3. The fraction of sp³-hybridized carbons (Fsp3) is 0.500. The Morgan fingerprint density at radius 2 is 2.56 bits per heavy atom. The topological polar surface area (TPSA) is 30.7 Å². The highest BCUT2D eigenvalue weighted by Gasteiger charge is 1.87. The molecular weight excluding hydrogens is 114 g/mol. The minimum atomic E-state index is 1.06. The second-order valence-corrected chi connectivity index (χ2v) is 1.85. The first-order valence-corrected chi connectivity index (χ1v) is 3.12. The van der Waals surface area contributed by atoms with Crippen LogP contribution in [0, 0.1) is 6.54 Å². The molecule has 1 aromatic rings. The Balaban J connectivity index is 2.30. The standard InChI is InChI=1S/C6H10N3/c1-2-3-5-9-6-4-7-8-9/h4-6H,2-3H2,1H3. The van der Waals surface area contributed by atoms with E-state index < -0.39 is 0 Å². The number of unbranched alkanes of at least 4 members (excludes halogenated alkanes) is 1.